The topological polar surface area (TPSA) is 56.0 Å². The third-order valence-corrected chi connectivity index (χ3v) is 1.83. The Labute approximate surface area is 88.0 Å². The summed E-state index contributed by atoms with van der Waals surface area (Å²) in [5.74, 6) is 0. The van der Waals surface area contributed by atoms with Crippen LogP contribution in [0.5, 0.6) is 0 Å². The molecule has 0 amide bonds. The molecule has 0 aliphatic rings. The van der Waals surface area contributed by atoms with E-state index in [1.54, 1.807) is 6.07 Å². The third kappa shape index (κ3) is 2.53. The lowest BCUT2D eigenvalue weighted by Gasteiger charge is -1.95. The van der Waals surface area contributed by atoms with Gasteiger partial charge in [-0.3, -0.25) is 15.1 Å². The molecule has 0 aliphatic heterocycles. The van der Waals surface area contributed by atoms with Crippen LogP contribution in [-0.2, 0) is 5.33 Å². The molecule has 0 fully saturated rings. The second-order valence-electron chi connectivity index (χ2n) is 1.90. The fraction of sp³-hybridized carbons (Fsp3) is 0.167. The molecule has 1 rings (SSSR count). The van der Waals surface area contributed by atoms with Crippen LogP contribution < -0.4 is 0 Å². The highest BCUT2D eigenvalue weighted by Crippen LogP contribution is 2.18. The summed E-state index contributed by atoms with van der Waals surface area (Å²) in [6, 6.07) is 1.62. The Morgan fingerprint density at radius 1 is 1.67 bits per heavy atom. The maximum absolute atomic E-state index is 10.3. The van der Waals surface area contributed by atoms with E-state index in [1.165, 1.54) is 12.4 Å². The average Bonchev–Trinajstić information content (AvgIpc) is 2.04. The minimum Gasteiger partial charge on any atom is -0.258 e. The Hall–Kier alpha value is -0.490. The predicted molar refractivity (Wildman–Crippen MR) is 53.8 cm³/mol. The van der Waals surface area contributed by atoms with Gasteiger partial charge in [-0.1, -0.05) is 15.9 Å². The van der Waals surface area contributed by atoms with Gasteiger partial charge in [0.1, 0.15) is 6.20 Å². The first-order chi connectivity index (χ1) is 5.25. The van der Waals surface area contributed by atoms with Gasteiger partial charge in [0.25, 0.3) is 5.69 Å². The second kappa shape index (κ2) is 5.21. The maximum atomic E-state index is 10.3. The van der Waals surface area contributed by atoms with Gasteiger partial charge in [-0.25, -0.2) is 0 Å². The highest BCUT2D eigenvalue weighted by atomic mass is 79.9. The van der Waals surface area contributed by atoms with E-state index in [1.807, 2.05) is 0 Å². The van der Waals surface area contributed by atoms with Crippen molar-refractivity contribution in [1.82, 2.24) is 4.98 Å². The van der Waals surface area contributed by atoms with Crippen molar-refractivity contribution in [3.8, 4) is 0 Å². The maximum Gasteiger partial charge on any atom is 0.291 e. The van der Waals surface area contributed by atoms with Crippen LogP contribution in [0.15, 0.2) is 18.5 Å². The van der Waals surface area contributed by atoms with Crippen LogP contribution in [0.25, 0.3) is 0 Å². The van der Waals surface area contributed by atoms with E-state index in [2.05, 4.69) is 20.9 Å². The lowest BCUT2D eigenvalue weighted by atomic mass is 10.3. The molecular weight excluding hydrogens is 292 g/mol. The molecule has 0 N–H and O–H groups in total. The Balaban J connectivity index is 0.00000121. The van der Waals surface area contributed by atoms with Gasteiger partial charge in [-0.15, -0.1) is 17.0 Å². The van der Waals surface area contributed by atoms with E-state index < -0.39 is 4.92 Å². The average molecular weight is 298 g/mol. The lowest BCUT2D eigenvalue weighted by molar-refractivity contribution is -0.385. The van der Waals surface area contributed by atoms with Crippen LogP contribution in [-0.4, -0.2) is 9.91 Å². The monoisotopic (exact) mass is 296 g/mol. The number of rotatable bonds is 2. The van der Waals surface area contributed by atoms with Gasteiger partial charge in [-0.05, 0) is 6.07 Å². The number of aromatic nitrogens is 1. The summed E-state index contributed by atoms with van der Waals surface area (Å²) in [5, 5.41) is 10.8. The first-order valence-corrected chi connectivity index (χ1v) is 4.01. The fourth-order valence-electron chi connectivity index (χ4n) is 0.692. The number of halogens is 2. The minimum atomic E-state index is -0.441. The molecule has 12 heavy (non-hydrogen) atoms. The number of pyridine rings is 1. The molecule has 0 aliphatic carbocycles. The van der Waals surface area contributed by atoms with Crippen LogP contribution in [0, 0.1) is 10.1 Å². The van der Waals surface area contributed by atoms with Crippen molar-refractivity contribution >= 4 is 38.6 Å². The molecule has 1 heterocycles. The normalized spacial score (nSPS) is 8.75. The van der Waals surface area contributed by atoms with E-state index in [-0.39, 0.29) is 22.7 Å². The zero-order chi connectivity index (χ0) is 8.27. The molecule has 66 valence electrons. The molecule has 0 unspecified atom stereocenters. The van der Waals surface area contributed by atoms with Gasteiger partial charge in [0.2, 0.25) is 0 Å². The van der Waals surface area contributed by atoms with Crippen molar-refractivity contribution in [2.45, 2.75) is 5.33 Å². The van der Waals surface area contributed by atoms with Crippen LogP contribution >= 0.6 is 32.9 Å². The second-order valence-corrected chi connectivity index (χ2v) is 2.46. The van der Waals surface area contributed by atoms with E-state index in [9.17, 15) is 10.1 Å². The number of hydrogen-bond acceptors (Lipinski definition) is 3. The highest BCUT2D eigenvalue weighted by molar-refractivity contribution is 9.08. The molecule has 0 atom stereocenters. The zero-order valence-corrected chi connectivity index (χ0v) is 9.24. The standard InChI is InChI=1S/C6H5BrN2O2.BrH/c7-3-5-1-2-8-4-6(5)9(10)11;/h1-2,4H,3H2;1H. The summed E-state index contributed by atoms with van der Waals surface area (Å²) in [6.07, 6.45) is 2.78. The minimum absolute atomic E-state index is 0. The van der Waals surface area contributed by atoms with Gasteiger partial charge in [0.05, 0.1) is 4.92 Å². The van der Waals surface area contributed by atoms with Crippen LogP contribution in [0.1, 0.15) is 5.56 Å². The molecule has 1 aromatic rings. The number of nitro groups is 1. The van der Waals surface area contributed by atoms with Gasteiger partial charge < -0.3 is 0 Å². The van der Waals surface area contributed by atoms with E-state index in [0.717, 1.165) is 0 Å². The Kier molecular flexibility index (Phi) is 5.00. The van der Waals surface area contributed by atoms with E-state index in [4.69, 9.17) is 0 Å². The van der Waals surface area contributed by atoms with Crippen molar-refractivity contribution in [2.75, 3.05) is 0 Å². The highest BCUT2D eigenvalue weighted by Gasteiger charge is 2.10. The van der Waals surface area contributed by atoms with Crippen molar-refractivity contribution in [3.05, 3.63) is 34.1 Å². The molecule has 4 nitrogen and oxygen atoms in total. The molecular formula is C6H6Br2N2O2. The van der Waals surface area contributed by atoms with Crippen LogP contribution in [0.3, 0.4) is 0 Å². The Bertz CT molecular complexity index is 280. The molecule has 0 spiro atoms. The van der Waals surface area contributed by atoms with Gasteiger partial charge in [-0.2, -0.15) is 0 Å². The molecule has 0 saturated carbocycles. The predicted octanol–water partition coefficient (Wildman–Crippen LogP) is 2.46. The van der Waals surface area contributed by atoms with E-state index in [0.29, 0.717) is 10.9 Å². The van der Waals surface area contributed by atoms with Crippen molar-refractivity contribution < 1.29 is 4.92 Å². The molecule has 0 saturated heterocycles. The zero-order valence-electron chi connectivity index (χ0n) is 5.94. The van der Waals surface area contributed by atoms with Gasteiger partial charge >= 0.3 is 0 Å². The van der Waals surface area contributed by atoms with Crippen LogP contribution in [0.2, 0.25) is 0 Å². The number of alkyl halides is 1. The fourth-order valence-corrected chi connectivity index (χ4v) is 1.17. The van der Waals surface area contributed by atoms with E-state index >= 15 is 0 Å². The summed E-state index contributed by atoms with van der Waals surface area (Å²) < 4.78 is 0. The number of hydrogen-bond donors (Lipinski definition) is 0. The SMILES string of the molecule is Br.O=[N+]([O-])c1cnccc1CBr. The number of nitrogens with zero attached hydrogens (tertiary/aromatic N) is 2. The smallest absolute Gasteiger partial charge is 0.258 e. The Morgan fingerprint density at radius 2 is 2.33 bits per heavy atom. The molecule has 0 radical (unpaired) electrons. The molecule has 6 heteroatoms. The first kappa shape index (κ1) is 11.5. The summed E-state index contributed by atoms with van der Waals surface area (Å²) >= 11 is 3.14. The quantitative estimate of drug-likeness (QED) is 0.479. The van der Waals surface area contributed by atoms with Gasteiger partial charge in [0.15, 0.2) is 0 Å². The lowest BCUT2D eigenvalue weighted by Crippen LogP contribution is -1.93. The molecule has 0 aromatic carbocycles. The largest absolute Gasteiger partial charge is 0.291 e. The molecule has 0 bridgehead atoms. The molecule has 1 aromatic heterocycles. The van der Waals surface area contributed by atoms with Crippen LogP contribution in [0.4, 0.5) is 5.69 Å². The summed E-state index contributed by atoms with van der Waals surface area (Å²) in [4.78, 5) is 13.5. The summed E-state index contributed by atoms with van der Waals surface area (Å²) in [7, 11) is 0. The Morgan fingerprint density at radius 3 is 2.75 bits per heavy atom. The van der Waals surface area contributed by atoms with Crippen molar-refractivity contribution in [3.63, 3.8) is 0 Å². The van der Waals surface area contributed by atoms with Crippen molar-refractivity contribution in [2.24, 2.45) is 0 Å². The summed E-state index contributed by atoms with van der Waals surface area (Å²) in [6.45, 7) is 0. The van der Waals surface area contributed by atoms with Gasteiger partial charge in [0, 0.05) is 17.1 Å². The summed E-state index contributed by atoms with van der Waals surface area (Å²) in [5.41, 5.74) is 0.703. The van der Waals surface area contributed by atoms with Crippen molar-refractivity contribution in [1.29, 1.82) is 0 Å². The first-order valence-electron chi connectivity index (χ1n) is 2.89. The third-order valence-electron chi connectivity index (χ3n) is 1.23.